The van der Waals surface area contributed by atoms with Crippen LogP contribution in [0.2, 0.25) is 0 Å². The average molecular weight is 566 g/mol. The van der Waals surface area contributed by atoms with E-state index in [1.165, 1.54) is 16.7 Å². The summed E-state index contributed by atoms with van der Waals surface area (Å²) in [6, 6.07) is 27.1. The first kappa shape index (κ1) is 29.6. The zero-order chi connectivity index (χ0) is 29.6. The van der Waals surface area contributed by atoms with E-state index in [-0.39, 0.29) is 23.9 Å². The molecule has 1 fully saturated rings. The molecule has 1 N–H and O–H groups in total. The number of fused-ring (bicyclic) bond motifs is 2. The van der Waals surface area contributed by atoms with Gasteiger partial charge in [0.25, 0.3) is 5.91 Å². The van der Waals surface area contributed by atoms with Crippen LogP contribution in [-0.4, -0.2) is 67.0 Å². The van der Waals surface area contributed by atoms with Crippen molar-refractivity contribution in [3.8, 4) is 5.75 Å². The van der Waals surface area contributed by atoms with Gasteiger partial charge in [0.05, 0.1) is 12.6 Å². The van der Waals surface area contributed by atoms with Crippen LogP contribution in [0.25, 0.3) is 5.57 Å². The molecule has 2 amide bonds. The number of ether oxygens (including phenoxy) is 1. The SMILES string of the molecule is CC(=O)N1CC2CC(c3ccc(CCOc4cccc(C(C)C)c4)cc3)=C(C(=O)N(C)CCc3ccccc3)C(C1)N2. The van der Waals surface area contributed by atoms with Crippen LogP contribution in [0.1, 0.15) is 55.4 Å². The van der Waals surface area contributed by atoms with Gasteiger partial charge >= 0.3 is 0 Å². The zero-order valence-electron chi connectivity index (χ0n) is 25.3. The molecule has 5 rings (SSSR count). The molecule has 42 heavy (non-hydrogen) atoms. The van der Waals surface area contributed by atoms with Crippen molar-refractivity contribution in [3.63, 3.8) is 0 Å². The highest BCUT2D eigenvalue weighted by atomic mass is 16.5. The van der Waals surface area contributed by atoms with Gasteiger partial charge in [0.15, 0.2) is 0 Å². The maximum absolute atomic E-state index is 14.0. The van der Waals surface area contributed by atoms with Crippen molar-refractivity contribution in [1.82, 2.24) is 15.1 Å². The molecule has 0 radical (unpaired) electrons. The molecule has 0 aliphatic carbocycles. The van der Waals surface area contributed by atoms with Crippen LogP contribution in [0.5, 0.6) is 5.75 Å². The van der Waals surface area contributed by atoms with Gasteiger partial charge in [0.1, 0.15) is 5.75 Å². The minimum absolute atomic E-state index is 0.0309. The summed E-state index contributed by atoms with van der Waals surface area (Å²) >= 11 is 0. The van der Waals surface area contributed by atoms with Crippen molar-refractivity contribution < 1.29 is 14.3 Å². The van der Waals surface area contributed by atoms with Gasteiger partial charge in [-0.2, -0.15) is 0 Å². The lowest BCUT2D eigenvalue weighted by atomic mass is 9.82. The number of hydrogen-bond donors (Lipinski definition) is 1. The van der Waals surface area contributed by atoms with E-state index in [0.717, 1.165) is 35.3 Å². The van der Waals surface area contributed by atoms with Crippen molar-refractivity contribution in [3.05, 3.63) is 107 Å². The molecule has 2 bridgehead atoms. The van der Waals surface area contributed by atoms with Crippen molar-refractivity contribution in [2.24, 2.45) is 0 Å². The average Bonchev–Trinajstić information content (AvgIpc) is 3.00. The Hall–Kier alpha value is -3.90. The Kier molecular flexibility index (Phi) is 9.43. The first-order valence-corrected chi connectivity index (χ1v) is 15.1. The fourth-order valence-corrected chi connectivity index (χ4v) is 6.00. The molecule has 3 aromatic rings. The highest BCUT2D eigenvalue weighted by Gasteiger charge is 2.39. The van der Waals surface area contributed by atoms with Crippen LogP contribution in [0.4, 0.5) is 0 Å². The van der Waals surface area contributed by atoms with E-state index in [1.54, 1.807) is 6.92 Å². The number of benzene rings is 3. The summed E-state index contributed by atoms with van der Waals surface area (Å²) in [5.41, 5.74) is 6.65. The molecule has 0 aromatic heterocycles. The Morgan fingerprint density at radius 1 is 0.952 bits per heavy atom. The Labute approximate surface area is 250 Å². The molecule has 1 saturated heterocycles. The number of amides is 2. The summed E-state index contributed by atoms with van der Waals surface area (Å²) < 4.78 is 6.06. The van der Waals surface area contributed by atoms with E-state index in [2.05, 4.69) is 73.8 Å². The van der Waals surface area contributed by atoms with Gasteiger partial charge in [-0.25, -0.2) is 0 Å². The number of rotatable bonds is 10. The van der Waals surface area contributed by atoms with E-state index in [1.807, 2.05) is 41.1 Å². The highest BCUT2D eigenvalue weighted by molar-refractivity contribution is 6.03. The predicted octanol–water partition coefficient (Wildman–Crippen LogP) is 5.48. The van der Waals surface area contributed by atoms with Gasteiger partial charge in [0.2, 0.25) is 5.91 Å². The van der Waals surface area contributed by atoms with Gasteiger partial charge in [-0.05, 0) is 58.7 Å². The third kappa shape index (κ3) is 7.11. The van der Waals surface area contributed by atoms with Crippen LogP contribution in [0.15, 0.2) is 84.4 Å². The maximum atomic E-state index is 14.0. The second-order valence-electron chi connectivity index (χ2n) is 11.9. The molecule has 0 saturated carbocycles. The molecule has 2 aliphatic rings. The predicted molar refractivity (Wildman–Crippen MR) is 168 cm³/mol. The van der Waals surface area contributed by atoms with Crippen LogP contribution in [-0.2, 0) is 22.4 Å². The Balaban J connectivity index is 1.32. The minimum atomic E-state index is -0.183. The molecular formula is C36H43N3O3. The van der Waals surface area contributed by atoms with Crippen LogP contribution in [0, 0.1) is 0 Å². The Morgan fingerprint density at radius 3 is 2.40 bits per heavy atom. The van der Waals surface area contributed by atoms with Crippen LogP contribution in [0.3, 0.4) is 0 Å². The fourth-order valence-electron chi connectivity index (χ4n) is 6.00. The van der Waals surface area contributed by atoms with E-state index in [4.69, 9.17) is 4.74 Å². The third-order valence-electron chi connectivity index (χ3n) is 8.49. The number of likely N-dealkylation sites (N-methyl/N-ethyl adjacent to an activating group) is 1. The Bertz CT molecular complexity index is 1410. The third-order valence-corrected chi connectivity index (χ3v) is 8.49. The molecule has 2 heterocycles. The summed E-state index contributed by atoms with van der Waals surface area (Å²) in [7, 11) is 1.88. The van der Waals surface area contributed by atoms with E-state index in [9.17, 15) is 9.59 Å². The van der Waals surface area contributed by atoms with E-state index < -0.39 is 0 Å². The standard InChI is InChI=1S/C36H43N3O3/c1-25(2)30-11-8-12-32(21-30)42-20-18-28-13-15-29(16-14-28)33-22-31-23-39(26(3)40)24-34(37-31)35(33)36(41)38(4)19-17-27-9-6-5-7-10-27/h5-16,21,25,31,34,37H,17-20,22-24H2,1-4H3. The maximum Gasteiger partial charge on any atom is 0.251 e. The molecule has 220 valence electrons. The molecule has 0 spiro atoms. The minimum Gasteiger partial charge on any atom is -0.493 e. The monoisotopic (exact) mass is 565 g/mol. The molecule has 2 unspecified atom stereocenters. The van der Waals surface area contributed by atoms with Crippen LogP contribution < -0.4 is 10.1 Å². The largest absolute Gasteiger partial charge is 0.493 e. The first-order valence-electron chi connectivity index (χ1n) is 15.1. The molecular weight excluding hydrogens is 522 g/mol. The Morgan fingerprint density at radius 2 is 1.69 bits per heavy atom. The van der Waals surface area contributed by atoms with E-state index >= 15 is 0 Å². The zero-order valence-corrected chi connectivity index (χ0v) is 25.3. The number of carbonyl (C=O) groups is 2. The van der Waals surface area contributed by atoms with Crippen molar-refractivity contribution >= 4 is 17.4 Å². The topological polar surface area (TPSA) is 61.9 Å². The molecule has 6 heteroatoms. The normalized spacial score (nSPS) is 18.3. The van der Waals surface area contributed by atoms with Crippen molar-refractivity contribution in [2.75, 3.05) is 33.3 Å². The second-order valence-corrected chi connectivity index (χ2v) is 11.9. The summed E-state index contributed by atoms with van der Waals surface area (Å²) in [4.78, 5) is 30.0. The number of nitrogens with zero attached hydrogens (tertiary/aromatic N) is 2. The number of hydrogen-bond acceptors (Lipinski definition) is 4. The lowest BCUT2D eigenvalue weighted by Crippen LogP contribution is -2.61. The highest BCUT2D eigenvalue weighted by Crippen LogP contribution is 2.34. The molecule has 2 aliphatic heterocycles. The smallest absolute Gasteiger partial charge is 0.251 e. The molecule has 2 atom stereocenters. The summed E-state index contributed by atoms with van der Waals surface area (Å²) in [6.07, 6.45) is 2.31. The quantitative estimate of drug-likeness (QED) is 0.354. The van der Waals surface area contributed by atoms with Crippen molar-refractivity contribution in [1.29, 1.82) is 0 Å². The fraction of sp³-hybridized carbons (Fsp3) is 0.389. The molecule has 6 nitrogen and oxygen atoms in total. The van der Waals surface area contributed by atoms with Gasteiger partial charge in [-0.15, -0.1) is 0 Å². The number of carbonyl (C=O) groups excluding carboxylic acids is 2. The summed E-state index contributed by atoms with van der Waals surface area (Å²) in [5, 5.41) is 3.65. The molecule has 3 aromatic carbocycles. The number of nitrogens with one attached hydrogen (secondary N) is 1. The summed E-state index contributed by atoms with van der Waals surface area (Å²) in [6.45, 7) is 8.40. The lowest BCUT2D eigenvalue weighted by Gasteiger charge is -2.44. The summed E-state index contributed by atoms with van der Waals surface area (Å²) in [5.74, 6) is 1.46. The van der Waals surface area contributed by atoms with E-state index in [0.29, 0.717) is 38.6 Å². The van der Waals surface area contributed by atoms with Gasteiger partial charge in [-0.3, -0.25) is 9.59 Å². The first-order chi connectivity index (χ1) is 20.3. The second kappa shape index (κ2) is 13.4. The van der Waals surface area contributed by atoms with Crippen molar-refractivity contribution in [2.45, 2.75) is 58.0 Å². The van der Waals surface area contributed by atoms with Crippen LogP contribution >= 0.6 is 0 Å². The van der Waals surface area contributed by atoms with Gasteiger partial charge < -0.3 is 19.9 Å². The lowest BCUT2D eigenvalue weighted by molar-refractivity contribution is -0.132. The van der Waals surface area contributed by atoms with Gasteiger partial charge in [0, 0.05) is 51.6 Å². The van der Waals surface area contributed by atoms with Gasteiger partial charge in [-0.1, -0.05) is 80.6 Å². The number of piperazine rings is 1.